The lowest BCUT2D eigenvalue weighted by Gasteiger charge is -2.21. The van der Waals surface area contributed by atoms with Crippen LogP contribution in [0.25, 0.3) is 0 Å². The van der Waals surface area contributed by atoms with Gasteiger partial charge in [0.2, 0.25) is 5.91 Å². The lowest BCUT2D eigenvalue weighted by Crippen LogP contribution is -2.35. The Kier molecular flexibility index (Phi) is 8.33. The molecule has 0 radical (unpaired) electrons. The Bertz CT molecular complexity index is 167. The summed E-state index contributed by atoms with van der Waals surface area (Å²) < 4.78 is 0. The molecule has 0 heterocycles. The maximum Gasteiger partial charge on any atom is 0.222 e. The molecule has 1 atom stereocenters. The van der Waals surface area contributed by atoms with Crippen LogP contribution >= 0.6 is 0 Å². The highest BCUT2D eigenvalue weighted by molar-refractivity contribution is 5.76. The zero-order valence-electron chi connectivity index (χ0n) is 9.78. The number of hydrogen-bond donors (Lipinski definition) is 2. The Morgan fingerprint density at radius 3 is 2.20 bits per heavy atom. The second-order valence-electron chi connectivity index (χ2n) is 3.88. The first-order valence-corrected chi connectivity index (χ1v) is 5.65. The third-order valence-corrected chi connectivity index (χ3v) is 2.64. The first-order valence-electron chi connectivity index (χ1n) is 5.65. The average Bonchev–Trinajstić information content (AvgIpc) is 2.25. The molecule has 0 aliphatic rings. The van der Waals surface area contributed by atoms with E-state index in [9.17, 15) is 4.79 Å². The third-order valence-electron chi connectivity index (χ3n) is 2.64. The van der Waals surface area contributed by atoms with E-state index in [1.54, 1.807) is 0 Å². The van der Waals surface area contributed by atoms with Gasteiger partial charge in [0, 0.05) is 19.5 Å². The van der Waals surface area contributed by atoms with E-state index in [4.69, 9.17) is 10.2 Å². The van der Waals surface area contributed by atoms with Crippen molar-refractivity contribution in [3.8, 4) is 0 Å². The Morgan fingerprint density at radius 2 is 1.80 bits per heavy atom. The molecule has 0 rings (SSSR count). The van der Waals surface area contributed by atoms with Gasteiger partial charge in [-0.05, 0) is 12.3 Å². The van der Waals surface area contributed by atoms with Crippen LogP contribution in [-0.4, -0.2) is 47.3 Å². The molecular weight excluding hydrogens is 194 g/mol. The molecular formula is C11H23NO3. The molecule has 2 N–H and O–H groups in total. The van der Waals surface area contributed by atoms with Crippen molar-refractivity contribution in [1.82, 2.24) is 4.90 Å². The molecule has 0 aliphatic carbocycles. The SMILES string of the molecule is CCC(C)CCC(=O)N(CCO)CCO. The van der Waals surface area contributed by atoms with Crippen LogP contribution in [0.2, 0.25) is 0 Å². The Morgan fingerprint density at radius 1 is 1.27 bits per heavy atom. The van der Waals surface area contributed by atoms with Gasteiger partial charge in [-0.1, -0.05) is 20.3 Å². The molecule has 4 heteroatoms. The van der Waals surface area contributed by atoms with Crippen molar-refractivity contribution in [2.24, 2.45) is 5.92 Å². The van der Waals surface area contributed by atoms with Crippen molar-refractivity contribution in [1.29, 1.82) is 0 Å². The normalized spacial score (nSPS) is 12.5. The predicted octanol–water partition coefficient (Wildman–Crippen LogP) is 0.626. The van der Waals surface area contributed by atoms with Crippen molar-refractivity contribution in [3.63, 3.8) is 0 Å². The van der Waals surface area contributed by atoms with Crippen molar-refractivity contribution in [2.45, 2.75) is 33.1 Å². The van der Waals surface area contributed by atoms with Crippen molar-refractivity contribution in [2.75, 3.05) is 26.3 Å². The van der Waals surface area contributed by atoms with E-state index >= 15 is 0 Å². The molecule has 0 saturated heterocycles. The second-order valence-corrected chi connectivity index (χ2v) is 3.88. The van der Waals surface area contributed by atoms with Crippen molar-refractivity contribution < 1.29 is 15.0 Å². The monoisotopic (exact) mass is 217 g/mol. The molecule has 1 amide bonds. The predicted molar refractivity (Wildman–Crippen MR) is 59.4 cm³/mol. The molecule has 0 saturated carbocycles. The van der Waals surface area contributed by atoms with Crippen LogP contribution in [0.3, 0.4) is 0 Å². The fraction of sp³-hybridized carbons (Fsp3) is 0.909. The van der Waals surface area contributed by atoms with E-state index in [0.717, 1.165) is 12.8 Å². The third kappa shape index (κ3) is 6.47. The number of carbonyl (C=O) groups excluding carboxylic acids is 1. The van der Waals surface area contributed by atoms with Crippen LogP contribution in [0.1, 0.15) is 33.1 Å². The smallest absolute Gasteiger partial charge is 0.222 e. The van der Waals surface area contributed by atoms with E-state index in [1.807, 2.05) is 0 Å². The summed E-state index contributed by atoms with van der Waals surface area (Å²) in [6.45, 7) is 4.77. The first-order chi connectivity index (χ1) is 7.15. The van der Waals surface area contributed by atoms with Gasteiger partial charge >= 0.3 is 0 Å². The molecule has 0 aromatic heterocycles. The van der Waals surface area contributed by atoms with Gasteiger partial charge in [0.15, 0.2) is 0 Å². The van der Waals surface area contributed by atoms with Crippen LogP contribution in [0.5, 0.6) is 0 Å². The summed E-state index contributed by atoms with van der Waals surface area (Å²) >= 11 is 0. The highest BCUT2D eigenvalue weighted by Gasteiger charge is 2.12. The van der Waals surface area contributed by atoms with Crippen molar-refractivity contribution in [3.05, 3.63) is 0 Å². The Balaban J connectivity index is 3.90. The van der Waals surface area contributed by atoms with Gasteiger partial charge in [-0.2, -0.15) is 0 Å². The van der Waals surface area contributed by atoms with Gasteiger partial charge in [0.05, 0.1) is 13.2 Å². The zero-order chi connectivity index (χ0) is 11.7. The van der Waals surface area contributed by atoms with E-state index in [2.05, 4.69) is 13.8 Å². The molecule has 0 aromatic rings. The lowest BCUT2D eigenvalue weighted by atomic mass is 10.0. The fourth-order valence-corrected chi connectivity index (χ4v) is 1.33. The van der Waals surface area contributed by atoms with E-state index in [-0.39, 0.29) is 19.1 Å². The summed E-state index contributed by atoms with van der Waals surface area (Å²) in [5.74, 6) is 0.581. The molecule has 0 bridgehead atoms. The lowest BCUT2D eigenvalue weighted by molar-refractivity contribution is -0.132. The highest BCUT2D eigenvalue weighted by atomic mass is 16.3. The number of nitrogens with zero attached hydrogens (tertiary/aromatic N) is 1. The quantitative estimate of drug-likeness (QED) is 0.627. The van der Waals surface area contributed by atoms with Crippen LogP contribution in [0.4, 0.5) is 0 Å². The molecule has 4 nitrogen and oxygen atoms in total. The standard InChI is InChI=1S/C11H23NO3/c1-3-10(2)4-5-11(15)12(6-8-13)7-9-14/h10,13-14H,3-9H2,1-2H3. The Hall–Kier alpha value is -0.610. The highest BCUT2D eigenvalue weighted by Crippen LogP contribution is 2.10. The number of aliphatic hydroxyl groups excluding tert-OH is 2. The maximum atomic E-state index is 11.6. The molecule has 0 fully saturated rings. The molecule has 1 unspecified atom stereocenters. The largest absolute Gasteiger partial charge is 0.395 e. The summed E-state index contributed by atoms with van der Waals surface area (Å²) in [7, 11) is 0. The summed E-state index contributed by atoms with van der Waals surface area (Å²) in [6.07, 6.45) is 2.46. The molecule has 15 heavy (non-hydrogen) atoms. The summed E-state index contributed by atoms with van der Waals surface area (Å²) in [6, 6.07) is 0. The van der Waals surface area contributed by atoms with Gasteiger partial charge in [0.1, 0.15) is 0 Å². The van der Waals surface area contributed by atoms with Gasteiger partial charge in [-0.15, -0.1) is 0 Å². The van der Waals surface area contributed by atoms with Gasteiger partial charge < -0.3 is 15.1 Å². The zero-order valence-corrected chi connectivity index (χ0v) is 9.78. The van der Waals surface area contributed by atoms with Crippen LogP contribution in [-0.2, 0) is 4.79 Å². The van der Waals surface area contributed by atoms with Crippen LogP contribution in [0.15, 0.2) is 0 Å². The van der Waals surface area contributed by atoms with Crippen LogP contribution in [0, 0.1) is 5.92 Å². The molecule has 0 aromatic carbocycles. The summed E-state index contributed by atoms with van der Waals surface area (Å²) in [5, 5.41) is 17.5. The Labute approximate surface area is 91.9 Å². The fourth-order valence-electron chi connectivity index (χ4n) is 1.33. The number of carbonyl (C=O) groups is 1. The number of hydrogen-bond acceptors (Lipinski definition) is 3. The van der Waals surface area contributed by atoms with Gasteiger partial charge in [-0.3, -0.25) is 4.79 Å². The van der Waals surface area contributed by atoms with Crippen molar-refractivity contribution >= 4 is 5.91 Å². The minimum absolute atomic E-state index is 0.0263. The maximum absolute atomic E-state index is 11.6. The van der Waals surface area contributed by atoms with E-state index in [0.29, 0.717) is 25.4 Å². The van der Waals surface area contributed by atoms with E-state index < -0.39 is 0 Å². The molecule has 0 aliphatic heterocycles. The minimum Gasteiger partial charge on any atom is -0.395 e. The van der Waals surface area contributed by atoms with Crippen LogP contribution < -0.4 is 0 Å². The topological polar surface area (TPSA) is 60.8 Å². The van der Waals surface area contributed by atoms with Gasteiger partial charge in [0.25, 0.3) is 0 Å². The average molecular weight is 217 g/mol. The molecule has 90 valence electrons. The first kappa shape index (κ1) is 14.4. The number of amides is 1. The number of rotatable bonds is 8. The second kappa shape index (κ2) is 8.68. The van der Waals surface area contributed by atoms with E-state index in [1.165, 1.54) is 4.90 Å². The summed E-state index contributed by atoms with van der Waals surface area (Å²) in [5.41, 5.74) is 0. The number of aliphatic hydroxyl groups is 2. The van der Waals surface area contributed by atoms with Gasteiger partial charge in [-0.25, -0.2) is 0 Å². The molecule has 0 spiro atoms. The summed E-state index contributed by atoms with van der Waals surface area (Å²) in [4.78, 5) is 13.2. The minimum atomic E-state index is -0.0466.